The lowest BCUT2D eigenvalue weighted by Gasteiger charge is -2.28. The van der Waals surface area contributed by atoms with E-state index in [0.717, 1.165) is 16.1 Å². The second-order valence-electron chi connectivity index (χ2n) is 5.89. The third-order valence-corrected chi connectivity index (χ3v) is 5.60. The smallest absolute Gasteiger partial charge is 0.238 e. The zero-order valence-corrected chi connectivity index (χ0v) is 14.5. The van der Waals surface area contributed by atoms with E-state index in [-0.39, 0.29) is 24.3 Å². The molecule has 3 rings (SSSR count). The van der Waals surface area contributed by atoms with Crippen LogP contribution in [0.1, 0.15) is 24.9 Å². The van der Waals surface area contributed by atoms with Gasteiger partial charge in [0.15, 0.2) is 0 Å². The van der Waals surface area contributed by atoms with E-state index in [4.69, 9.17) is 0 Å². The first-order valence-electron chi connectivity index (χ1n) is 7.93. The number of carbonyl (C=O) groups excluding carboxylic acids is 2. The topological polar surface area (TPSA) is 49.4 Å². The van der Waals surface area contributed by atoms with Crippen molar-refractivity contribution in [1.82, 2.24) is 4.90 Å². The van der Waals surface area contributed by atoms with Crippen LogP contribution >= 0.6 is 11.8 Å². The minimum Gasteiger partial charge on any atom is -0.339 e. The number of fused-ring (bicyclic) bond motifs is 1. The van der Waals surface area contributed by atoms with E-state index in [1.54, 1.807) is 11.9 Å². The number of hydrogen-bond donors (Lipinski definition) is 1. The minimum atomic E-state index is -0.391. The average molecular weight is 340 g/mol. The normalized spacial score (nSPS) is 17.6. The van der Waals surface area contributed by atoms with Crippen molar-refractivity contribution >= 4 is 29.3 Å². The van der Waals surface area contributed by atoms with Crippen LogP contribution in [-0.4, -0.2) is 29.0 Å². The molecule has 24 heavy (non-hydrogen) atoms. The highest BCUT2D eigenvalue weighted by Gasteiger charge is 2.30. The lowest BCUT2D eigenvalue weighted by molar-refractivity contribution is -0.133. The van der Waals surface area contributed by atoms with Gasteiger partial charge in [0, 0.05) is 18.4 Å². The van der Waals surface area contributed by atoms with Gasteiger partial charge in [-0.05, 0) is 24.6 Å². The molecule has 1 N–H and O–H groups in total. The SMILES string of the molecule is CC(c1ccccc1)N(C)C(=O)CC1Sc2ccccc2NC1=O. The summed E-state index contributed by atoms with van der Waals surface area (Å²) >= 11 is 1.46. The molecule has 1 aliphatic heterocycles. The molecule has 0 aliphatic carbocycles. The second kappa shape index (κ2) is 7.09. The van der Waals surface area contributed by atoms with Gasteiger partial charge in [-0.15, -0.1) is 11.8 Å². The van der Waals surface area contributed by atoms with E-state index in [1.807, 2.05) is 61.5 Å². The summed E-state index contributed by atoms with van der Waals surface area (Å²) in [6, 6.07) is 17.5. The van der Waals surface area contributed by atoms with E-state index in [2.05, 4.69) is 5.32 Å². The van der Waals surface area contributed by atoms with Crippen molar-refractivity contribution in [1.29, 1.82) is 0 Å². The van der Waals surface area contributed by atoms with Crippen LogP contribution in [0.25, 0.3) is 0 Å². The van der Waals surface area contributed by atoms with Crippen LogP contribution < -0.4 is 5.32 Å². The Morgan fingerprint density at radius 3 is 2.58 bits per heavy atom. The fourth-order valence-corrected chi connectivity index (χ4v) is 3.80. The Balaban J connectivity index is 1.67. The van der Waals surface area contributed by atoms with Gasteiger partial charge in [-0.3, -0.25) is 9.59 Å². The van der Waals surface area contributed by atoms with Gasteiger partial charge < -0.3 is 10.2 Å². The van der Waals surface area contributed by atoms with Crippen LogP contribution in [0.2, 0.25) is 0 Å². The molecule has 124 valence electrons. The van der Waals surface area contributed by atoms with Gasteiger partial charge in [-0.1, -0.05) is 42.5 Å². The number of para-hydroxylation sites is 1. The summed E-state index contributed by atoms with van der Waals surface area (Å²) in [6.45, 7) is 2.00. The first-order valence-corrected chi connectivity index (χ1v) is 8.81. The molecule has 0 saturated carbocycles. The standard InChI is InChI=1S/C19H20N2O2S/c1-13(14-8-4-3-5-9-14)21(2)18(22)12-17-19(23)20-15-10-6-7-11-16(15)24-17/h3-11,13,17H,12H2,1-2H3,(H,20,23). The van der Waals surface area contributed by atoms with Crippen LogP contribution in [0.4, 0.5) is 5.69 Å². The average Bonchev–Trinajstić information content (AvgIpc) is 2.61. The monoisotopic (exact) mass is 340 g/mol. The third kappa shape index (κ3) is 3.46. The molecule has 5 heteroatoms. The van der Waals surface area contributed by atoms with Crippen molar-refractivity contribution < 1.29 is 9.59 Å². The Morgan fingerprint density at radius 2 is 1.83 bits per heavy atom. The lowest BCUT2D eigenvalue weighted by atomic mass is 10.1. The number of hydrogen-bond acceptors (Lipinski definition) is 3. The molecule has 0 spiro atoms. The maximum Gasteiger partial charge on any atom is 0.238 e. The largest absolute Gasteiger partial charge is 0.339 e. The molecule has 2 atom stereocenters. The van der Waals surface area contributed by atoms with Crippen LogP contribution in [0.5, 0.6) is 0 Å². The zero-order valence-electron chi connectivity index (χ0n) is 13.7. The maximum atomic E-state index is 12.6. The van der Waals surface area contributed by atoms with Gasteiger partial charge >= 0.3 is 0 Å². The summed E-state index contributed by atoms with van der Waals surface area (Å²) in [5.41, 5.74) is 1.90. The number of nitrogens with one attached hydrogen (secondary N) is 1. The van der Waals surface area contributed by atoms with E-state index >= 15 is 0 Å². The molecule has 0 saturated heterocycles. The molecule has 2 amide bonds. The third-order valence-electron chi connectivity index (χ3n) is 4.32. The fourth-order valence-electron chi connectivity index (χ4n) is 2.70. The van der Waals surface area contributed by atoms with E-state index in [1.165, 1.54) is 11.8 Å². The summed E-state index contributed by atoms with van der Waals surface area (Å²) in [6.07, 6.45) is 0.193. The van der Waals surface area contributed by atoms with Gasteiger partial charge in [0.2, 0.25) is 11.8 Å². The summed E-state index contributed by atoms with van der Waals surface area (Å²) in [5, 5.41) is 2.49. The highest BCUT2D eigenvalue weighted by atomic mass is 32.2. The van der Waals surface area contributed by atoms with Crippen molar-refractivity contribution in [2.45, 2.75) is 29.5 Å². The number of anilines is 1. The fraction of sp³-hybridized carbons (Fsp3) is 0.263. The summed E-state index contributed by atoms with van der Waals surface area (Å²) in [5.74, 6) is -0.133. The predicted molar refractivity (Wildman–Crippen MR) is 97.0 cm³/mol. The molecule has 1 aliphatic rings. The molecule has 2 unspecified atom stereocenters. The van der Waals surface area contributed by atoms with Gasteiger partial charge in [-0.25, -0.2) is 0 Å². The summed E-state index contributed by atoms with van der Waals surface area (Å²) < 4.78 is 0. The van der Waals surface area contributed by atoms with E-state index in [0.29, 0.717) is 0 Å². The first-order chi connectivity index (χ1) is 11.6. The van der Waals surface area contributed by atoms with Gasteiger partial charge in [0.25, 0.3) is 0 Å². The first kappa shape index (κ1) is 16.6. The van der Waals surface area contributed by atoms with Crippen molar-refractivity contribution in [2.24, 2.45) is 0 Å². The van der Waals surface area contributed by atoms with E-state index in [9.17, 15) is 9.59 Å². The second-order valence-corrected chi connectivity index (χ2v) is 7.13. The molecule has 2 aromatic rings. The Morgan fingerprint density at radius 1 is 1.17 bits per heavy atom. The molecular formula is C19H20N2O2S. The van der Waals surface area contributed by atoms with Crippen LogP contribution in [-0.2, 0) is 9.59 Å². The molecule has 1 heterocycles. The van der Waals surface area contributed by atoms with Gasteiger partial charge in [0.05, 0.1) is 17.0 Å². The molecule has 0 aromatic heterocycles. The molecule has 2 aromatic carbocycles. The highest BCUT2D eigenvalue weighted by molar-refractivity contribution is 8.01. The maximum absolute atomic E-state index is 12.6. The number of nitrogens with zero attached hydrogens (tertiary/aromatic N) is 1. The number of rotatable bonds is 4. The molecule has 0 radical (unpaired) electrons. The number of amides is 2. The number of thioether (sulfide) groups is 1. The van der Waals surface area contributed by atoms with Gasteiger partial charge in [-0.2, -0.15) is 0 Å². The predicted octanol–water partition coefficient (Wildman–Crippen LogP) is 3.71. The Kier molecular flexibility index (Phi) is 4.90. The summed E-state index contributed by atoms with van der Waals surface area (Å²) in [7, 11) is 1.79. The van der Waals surface area contributed by atoms with Crippen LogP contribution in [0.3, 0.4) is 0 Å². The van der Waals surface area contributed by atoms with Crippen molar-refractivity contribution in [3.8, 4) is 0 Å². The van der Waals surface area contributed by atoms with Crippen molar-refractivity contribution in [3.05, 3.63) is 60.2 Å². The number of benzene rings is 2. The van der Waals surface area contributed by atoms with Gasteiger partial charge in [0.1, 0.15) is 0 Å². The van der Waals surface area contributed by atoms with E-state index < -0.39 is 5.25 Å². The Bertz CT molecular complexity index is 748. The quantitative estimate of drug-likeness (QED) is 0.923. The molecule has 4 nitrogen and oxygen atoms in total. The van der Waals surface area contributed by atoms with Crippen LogP contribution in [0.15, 0.2) is 59.5 Å². The minimum absolute atomic E-state index is 0.0253. The molecular weight excluding hydrogens is 320 g/mol. The lowest BCUT2D eigenvalue weighted by Crippen LogP contribution is -2.36. The Hall–Kier alpha value is -2.27. The molecule has 0 bridgehead atoms. The zero-order chi connectivity index (χ0) is 17.1. The Labute approximate surface area is 146 Å². The van der Waals surface area contributed by atoms with Crippen LogP contribution in [0, 0.1) is 0 Å². The van der Waals surface area contributed by atoms with Crippen molar-refractivity contribution in [3.63, 3.8) is 0 Å². The number of carbonyl (C=O) groups is 2. The molecule has 0 fully saturated rings. The van der Waals surface area contributed by atoms with Crippen molar-refractivity contribution in [2.75, 3.05) is 12.4 Å². The highest BCUT2D eigenvalue weighted by Crippen LogP contribution is 2.37. The summed E-state index contributed by atoms with van der Waals surface area (Å²) in [4.78, 5) is 27.6.